The van der Waals surface area contributed by atoms with Crippen LogP contribution in [0.4, 0.5) is 5.69 Å². The number of furan rings is 1. The number of anilines is 1. The first-order chi connectivity index (χ1) is 15.8. The topological polar surface area (TPSA) is 95.1 Å². The Kier molecular flexibility index (Phi) is 9.88. The Morgan fingerprint density at radius 2 is 2.09 bits per heavy atom. The number of hydrogen-bond acceptors (Lipinski definition) is 6. The number of rotatable bonds is 9. The monoisotopic (exact) mass is 567 g/mol. The van der Waals surface area contributed by atoms with Crippen molar-refractivity contribution in [3.63, 3.8) is 0 Å². The van der Waals surface area contributed by atoms with Crippen molar-refractivity contribution in [1.29, 1.82) is 0 Å². The highest BCUT2D eigenvalue weighted by Crippen LogP contribution is 2.32. The molecule has 1 aromatic carbocycles. The van der Waals surface area contributed by atoms with E-state index in [9.17, 15) is 0 Å². The second-order valence-corrected chi connectivity index (χ2v) is 7.44. The second-order valence-electron chi connectivity index (χ2n) is 7.44. The Balaban J connectivity index is 0.00000306. The van der Waals surface area contributed by atoms with Gasteiger partial charge in [-0.05, 0) is 30.7 Å². The van der Waals surface area contributed by atoms with Crippen molar-refractivity contribution >= 4 is 35.6 Å². The number of hydrogen-bond donors (Lipinski definition) is 2. The maximum Gasteiger partial charge on any atom is 0.196 e. The maximum atomic E-state index is 5.80. The third-order valence-electron chi connectivity index (χ3n) is 4.77. The van der Waals surface area contributed by atoms with Crippen molar-refractivity contribution in [2.75, 3.05) is 31.7 Å². The van der Waals surface area contributed by atoms with Crippen LogP contribution in [0.15, 0.2) is 58.4 Å². The van der Waals surface area contributed by atoms with Gasteiger partial charge in [0.15, 0.2) is 17.5 Å². The first kappa shape index (κ1) is 24.9. The van der Waals surface area contributed by atoms with Crippen LogP contribution in [-0.4, -0.2) is 42.1 Å². The summed E-state index contributed by atoms with van der Waals surface area (Å²) in [4.78, 5) is 4.70. The predicted molar refractivity (Wildman–Crippen MR) is 136 cm³/mol. The summed E-state index contributed by atoms with van der Waals surface area (Å²) < 4.78 is 24.2. The molecular weight excluding hydrogens is 537 g/mol. The van der Waals surface area contributed by atoms with E-state index in [2.05, 4.69) is 15.7 Å². The zero-order chi connectivity index (χ0) is 22.0. The molecule has 9 nitrogen and oxygen atoms in total. The van der Waals surface area contributed by atoms with Gasteiger partial charge in [0.25, 0.3) is 0 Å². The van der Waals surface area contributed by atoms with E-state index in [0.717, 1.165) is 41.4 Å². The molecule has 178 valence electrons. The van der Waals surface area contributed by atoms with Gasteiger partial charge in [-0.1, -0.05) is 0 Å². The van der Waals surface area contributed by atoms with Crippen molar-refractivity contribution in [3.8, 4) is 11.5 Å². The van der Waals surface area contributed by atoms with Gasteiger partial charge in [-0.3, -0.25) is 4.68 Å². The molecule has 3 aromatic rings. The molecule has 2 aromatic heterocycles. The summed E-state index contributed by atoms with van der Waals surface area (Å²) >= 11 is 0. The number of aliphatic imine (C=N–C) groups is 1. The smallest absolute Gasteiger partial charge is 0.196 e. The molecule has 0 saturated heterocycles. The lowest BCUT2D eigenvalue weighted by Crippen LogP contribution is -2.32. The van der Waals surface area contributed by atoms with Gasteiger partial charge in [0.05, 0.1) is 32.2 Å². The van der Waals surface area contributed by atoms with Gasteiger partial charge < -0.3 is 29.3 Å². The highest BCUT2D eigenvalue weighted by molar-refractivity contribution is 14.0. The summed E-state index contributed by atoms with van der Waals surface area (Å²) in [6, 6.07) is 9.58. The average Bonchev–Trinajstić information content (AvgIpc) is 3.40. The number of ether oxygens (including phenoxy) is 3. The Hall–Kier alpha value is -2.73. The van der Waals surface area contributed by atoms with E-state index in [1.54, 1.807) is 10.9 Å². The molecule has 0 radical (unpaired) electrons. The van der Waals surface area contributed by atoms with E-state index in [1.807, 2.05) is 49.8 Å². The molecule has 0 unspecified atom stereocenters. The molecule has 4 rings (SSSR count). The third kappa shape index (κ3) is 7.97. The van der Waals surface area contributed by atoms with Crippen LogP contribution in [-0.2, 0) is 24.9 Å². The molecule has 2 N–H and O–H groups in total. The lowest BCUT2D eigenvalue weighted by atomic mass is 10.2. The minimum absolute atomic E-state index is 0. The van der Waals surface area contributed by atoms with Crippen LogP contribution in [0.2, 0.25) is 0 Å². The van der Waals surface area contributed by atoms with Gasteiger partial charge in [0.2, 0.25) is 0 Å². The van der Waals surface area contributed by atoms with Gasteiger partial charge in [0, 0.05) is 50.1 Å². The number of fused-ring (bicyclic) bond motifs is 1. The summed E-state index contributed by atoms with van der Waals surface area (Å²) in [7, 11) is 1.89. The van der Waals surface area contributed by atoms with Gasteiger partial charge in [-0.15, -0.1) is 24.0 Å². The molecule has 0 atom stereocenters. The van der Waals surface area contributed by atoms with Gasteiger partial charge in [-0.2, -0.15) is 5.10 Å². The second kappa shape index (κ2) is 13.1. The van der Waals surface area contributed by atoms with Crippen LogP contribution in [0, 0.1) is 0 Å². The zero-order valence-corrected chi connectivity index (χ0v) is 21.0. The van der Waals surface area contributed by atoms with Crippen LogP contribution in [0.5, 0.6) is 11.5 Å². The average molecular weight is 567 g/mol. The Bertz CT molecular complexity index is 1010. The number of nitrogens with one attached hydrogen (secondary N) is 2. The molecule has 0 aliphatic carbocycles. The molecule has 1 aliphatic heterocycles. The number of nitrogens with zero attached hydrogens (tertiary/aromatic N) is 3. The Morgan fingerprint density at radius 3 is 2.88 bits per heavy atom. The van der Waals surface area contributed by atoms with Crippen molar-refractivity contribution in [3.05, 3.63) is 60.3 Å². The van der Waals surface area contributed by atoms with Crippen molar-refractivity contribution < 1.29 is 18.6 Å². The van der Waals surface area contributed by atoms with Crippen LogP contribution in [0.1, 0.15) is 24.2 Å². The van der Waals surface area contributed by atoms with Gasteiger partial charge in [0.1, 0.15) is 12.4 Å². The zero-order valence-electron chi connectivity index (χ0n) is 18.7. The van der Waals surface area contributed by atoms with E-state index < -0.39 is 0 Å². The molecular formula is C23H30IN5O4. The fraction of sp³-hybridized carbons (Fsp3) is 0.391. The van der Waals surface area contributed by atoms with E-state index in [4.69, 9.17) is 23.6 Å². The molecule has 0 spiro atoms. The summed E-state index contributed by atoms with van der Waals surface area (Å²) in [5.74, 6) is 3.01. The fourth-order valence-corrected chi connectivity index (χ4v) is 3.19. The molecule has 0 fully saturated rings. The van der Waals surface area contributed by atoms with Crippen molar-refractivity contribution in [2.24, 2.45) is 12.0 Å². The first-order valence-corrected chi connectivity index (χ1v) is 10.8. The van der Waals surface area contributed by atoms with Crippen LogP contribution in [0.3, 0.4) is 0 Å². The SMILES string of the molecule is Cn1cc(CN=C(NCCCOCc2ccco2)Nc2ccc3c(c2)OCCCO3)cn1.I. The van der Waals surface area contributed by atoms with E-state index >= 15 is 0 Å². The first-order valence-electron chi connectivity index (χ1n) is 10.8. The summed E-state index contributed by atoms with van der Waals surface area (Å²) in [5.41, 5.74) is 1.91. The van der Waals surface area contributed by atoms with Crippen LogP contribution < -0.4 is 20.1 Å². The summed E-state index contributed by atoms with van der Waals surface area (Å²) in [5, 5.41) is 10.9. The lowest BCUT2D eigenvalue weighted by molar-refractivity contribution is 0.105. The highest BCUT2D eigenvalue weighted by atomic mass is 127. The maximum absolute atomic E-state index is 5.80. The summed E-state index contributed by atoms with van der Waals surface area (Å²) in [6.45, 7) is 3.64. The number of aryl methyl sites for hydroxylation is 1. The van der Waals surface area contributed by atoms with Crippen LogP contribution in [0.25, 0.3) is 0 Å². The standard InChI is InChI=1S/C23H29N5O4.HI/c1-28-16-18(15-26-28)14-25-23(24-8-3-9-29-17-20-5-2-10-30-20)27-19-6-7-21-22(13-19)32-12-4-11-31-21;/h2,5-7,10,13,15-16H,3-4,8-9,11-12,14,17H2,1H3,(H2,24,25,27);1H. The van der Waals surface area contributed by atoms with E-state index in [1.165, 1.54) is 0 Å². The largest absolute Gasteiger partial charge is 0.490 e. The molecule has 0 amide bonds. The van der Waals surface area contributed by atoms with Crippen molar-refractivity contribution in [2.45, 2.75) is 26.0 Å². The quantitative estimate of drug-likeness (QED) is 0.175. The van der Waals surface area contributed by atoms with E-state index in [-0.39, 0.29) is 24.0 Å². The molecule has 0 saturated carbocycles. The Morgan fingerprint density at radius 1 is 1.21 bits per heavy atom. The minimum atomic E-state index is 0. The summed E-state index contributed by atoms with van der Waals surface area (Å²) in [6.07, 6.45) is 7.12. The van der Waals surface area contributed by atoms with Crippen LogP contribution >= 0.6 is 24.0 Å². The molecule has 1 aliphatic rings. The van der Waals surface area contributed by atoms with E-state index in [0.29, 0.717) is 45.5 Å². The number of aromatic nitrogens is 2. The molecule has 33 heavy (non-hydrogen) atoms. The van der Waals surface area contributed by atoms with Crippen molar-refractivity contribution in [1.82, 2.24) is 15.1 Å². The highest BCUT2D eigenvalue weighted by Gasteiger charge is 2.11. The van der Waals surface area contributed by atoms with Gasteiger partial charge in [-0.25, -0.2) is 4.99 Å². The molecule has 3 heterocycles. The molecule has 10 heteroatoms. The number of guanidine groups is 1. The third-order valence-corrected chi connectivity index (χ3v) is 4.77. The predicted octanol–water partition coefficient (Wildman–Crippen LogP) is 3.96. The minimum Gasteiger partial charge on any atom is -0.490 e. The normalized spacial score (nSPS) is 13.2. The molecule has 0 bridgehead atoms. The number of benzene rings is 1. The lowest BCUT2D eigenvalue weighted by Gasteiger charge is -2.14. The number of halogens is 1. The fourth-order valence-electron chi connectivity index (χ4n) is 3.19. The van der Waals surface area contributed by atoms with Gasteiger partial charge >= 0.3 is 0 Å². The Labute approximate surface area is 210 Å².